The van der Waals surface area contributed by atoms with Crippen molar-refractivity contribution in [3.63, 3.8) is 0 Å². The highest BCUT2D eigenvalue weighted by Crippen LogP contribution is 2.26. The molecule has 3 unspecified atom stereocenters. The molecule has 0 aromatic rings. The van der Waals surface area contributed by atoms with Crippen molar-refractivity contribution in [2.24, 2.45) is 0 Å². The molecule has 0 N–H and O–H groups in total. The summed E-state index contributed by atoms with van der Waals surface area (Å²) in [4.78, 5) is 17.3. The second-order valence-corrected chi connectivity index (χ2v) is 6.25. The molecule has 4 heteroatoms. The van der Waals surface area contributed by atoms with Crippen LogP contribution in [0.4, 0.5) is 0 Å². The van der Waals surface area contributed by atoms with Crippen LogP contribution in [0, 0.1) is 0 Å². The van der Waals surface area contributed by atoms with Crippen LogP contribution in [0.1, 0.15) is 52.9 Å². The van der Waals surface area contributed by atoms with Gasteiger partial charge in [0, 0.05) is 25.2 Å². The van der Waals surface area contributed by atoms with E-state index in [9.17, 15) is 4.79 Å². The number of carbonyl (C=O) groups excluding carboxylic acids is 1. The topological polar surface area (TPSA) is 32.8 Å². The van der Waals surface area contributed by atoms with Gasteiger partial charge in [0.1, 0.15) is 6.04 Å². The summed E-state index contributed by atoms with van der Waals surface area (Å²) in [5, 5.41) is 0. The van der Waals surface area contributed by atoms with Crippen molar-refractivity contribution in [2.75, 3.05) is 26.2 Å². The zero-order valence-electron chi connectivity index (χ0n) is 13.3. The lowest BCUT2D eigenvalue weighted by molar-refractivity contribution is -0.153. The van der Waals surface area contributed by atoms with E-state index in [4.69, 9.17) is 4.74 Å². The van der Waals surface area contributed by atoms with Gasteiger partial charge in [-0.3, -0.25) is 14.6 Å². The first-order valence-corrected chi connectivity index (χ1v) is 8.33. The second kappa shape index (κ2) is 7.41. The number of hydrogen-bond acceptors (Lipinski definition) is 4. The van der Waals surface area contributed by atoms with Gasteiger partial charge < -0.3 is 4.74 Å². The van der Waals surface area contributed by atoms with Gasteiger partial charge in [-0.05, 0) is 39.7 Å². The van der Waals surface area contributed by atoms with Gasteiger partial charge in [0.25, 0.3) is 0 Å². The number of ether oxygens (including phenoxy) is 1. The maximum Gasteiger partial charge on any atom is 0.323 e. The van der Waals surface area contributed by atoms with Crippen LogP contribution in [0.3, 0.4) is 0 Å². The molecule has 20 heavy (non-hydrogen) atoms. The molecule has 4 nitrogen and oxygen atoms in total. The highest BCUT2D eigenvalue weighted by Gasteiger charge is 2.38. The predicted octanol–water partition coefficient (Wildman–Crippen LogP) is 2.28. The molecule has 2 fully saturated rings. The Kier molecular flexibility index (Phi) is 5.85. The molecule has 0 aliphatic carbocycles. The van der Waals surface area contributed by atoms with E-state index in [1.165, 1.54) is 25.8 Å². The molecular formula is C16H30N2O2. The lowest BCUT2D eigenvalue weighted by Gasteiger charge is -2.49. The van der Waals surface area contributed by atoms with E-state index < -0.39 is 0 Å². The lowest BCUT2D eigenvalue weighted by Crippen LogP contribution is -2.62. The summed E-state index contributed by atoms with van der Waals surface area (Å²) in [6, 6.07) is 1.05. The predicted molar refractivity (Wildman–Crippen MR) is 80.7 cm³/mol. The van der Waals surface area contributed by atoms with Crippen molar-refractivity contribution < 1.29 is 9.53 Å². The van der Waals surface area contributed by atoms with Crippen LogP contribution in [0.25, 0.3) is 0 Å². The van der Waals surface area contributed by atoms with Crippen LogP contribution >= 0.6 is 0 Å². The minimum atomic E-state index is -0.0426. The molecule has 3 atom stereocenters. The van der Waals surface area contributed by atoms with E-state index >= 15 is 0 Å². The minimum absolute atomic E-state index is 0.0227. The second-order valence-electron chi connectivity index (χ2n) is 6.25. The van der Waals surface area contributed by atoms with Crippen LogP contribution in [0.15, 0.2) is 0 Å². The minimum Gasteiger partial charge on any atom is -0.465 e. The van der Waals surface area contributed by atoms with E-state index in [1.54, 1.807) is 0 Å². The summed E-state index contributed by atoms with van der Waals surface area (Å²) in [5.41, 5.74) is 0. The molecule has 0 spiro atoms. The summed E-state index contributed by atoms with van der Waals surface area (Å²) in [6.07, 6.45) is 5.89. The Labute approximate surface area is 123 Å². The first-order chi connectivity index (χ1) is 9.67. The fourth-order valence-electron chi connectivity index (χ4n) is 3.74. The fourth-order valence-corrected chi connectivity index (χ4v) is 3.74. The fraction of sp³-hybridized carbons (Fsp3) is 0.938. The van der Waals surface area contributed by atoms with Crippen LogP contribution in [0.5, 0.6) is 0 Å². The number of fused-ring (bicyclic) bond motifs is 1. The summed E-state index contributed by atoms with van der Waals surface area (Å²) in [6.45, 7) is 10.1. The SMILES string of the molecule is CCCC(C(=O)OCC)N1CC2CCCCN2CC1C. The van der Waals surface area contributed by atoms with E-state index in [0.717, 1.165) is 25.9 Å². The van der Waals surface area contributed by atoms with E-state index in [2.05, 4.69) is 23.6 Å². The summed E-state index contributed by atoms with van der Waals surface area (Å²) in [5.74, 6) is -0.0227. The van der Waals surface area contributed by atoms with Crippen molar-refractivity contribution in [2.45, 2.75) is 71.0 Å². The Balaban J connectivity index is 2.05. The van der Waals surface area contributed by atoms with E-state index in [0.29, 0.717) is 18.7 Å². The number of piperidine rings is 1. The van der Waals surface area contributed by atoms with E-state index in [1.807, 2.05) is 6.92 Å². The largest absolute Gasteiger partial charge is 0.465 e. The first kappa shape index (κ1) is 15.8. The number of hydrogen-bond donors (Lipinski definition) is 0. The zero-order chi connectivity index (χ0) is 14.5. The van der Waals surface area contributed by atoms with Gasteiger partial charge in [-0.2, -0.15) is 0 Å². The Bertz CT molecular complexity index is 322. The molecule has 0 saturated carbocycles. The molecule has 0 radical (unpaired) electrons. The summed E-state index contributed by atoms with van der Waals surface area (Å²) >= 11 is 0. The highest BCUT2D eigenvalue weighted by molar-refractivity contribution is 5.75. The van der Waals surface area contributed by atoms with Crippen LogP contribution in [0.2, 0.25) is 0 Å². The van der Waals surface area contributed by atoms with Crippen LogP contribution in [-0.4, -0.2) is 60.1 Å². The van der Waals surface area contributed by atoms with Crippen molar-refractivity contribution in [1.82, 2.24) is 9.80 Å². The quantitative estimate of drug-likeness (QED) is 0.724. The third-order valence-corrected chi connectivity index (χ3v) is 4.76. The van der Waals surface area contributed by atoms with E-state index in [-0.39, 0.29) is 12.0 Å². The van der Waals surface area contributed by atoms with Gasteiger partial charge in [0.15, 0.2) is 0 Å². The molecule has 0 aromatic carbocycles. The number of rotatable bonds is 5. The van der Waals surface area contributed by atoms with Gasteiger partial charge in [-0.25, -0.2) is 0 Å². The van der Waals surface area contributed by atoms with Crippen molar-refractivity contribution >= 4 is 5.97 Å². The van der Waals surface area contributed by atoms with Crippen LogP contribution in [-0.2, 0) is 9.53 Å². The first-order valence-electron chi connectivity index (χ1n) is 8.33. The Morgan fingerprint density at radius 2 is 2.10 bits per heavy atom. The maximum atomic E-state index is 12.3. The molecule has 2 heterocycles. The van der Waals surface area contributed by atoms with Gasteiger partial charge in [-0.1, -0.05) is 19.8 Å². The Morgan fingerprint density at radius 3 is 2.80 bits per heavy atom. The maximum absolute atomic E-state index is 12.3. The normalized spacial score (nSPS) is 29.8. The monoisotopic (exact) mass is 282 g/mol. The van der Waals surface area contributed by atoms with Crippen LogP contribution < -0.4 is 0 Å². The van der Waals surface area contributed by atoms with Gasteiger partial charge in [0.05, 0.1) is 6.61 Å². The van der Waals surface area contributed by atoms with Crippen molar-refractivity contribution in [3.05, 3.63) is 0 Å². The van der Waals surface area contributed by atoms with Gasteiger partial charge in [0.2, 0.25) is 0 Å². The number of carbonyl (C=O) groups is 1. The number of nitrogens with zero attached hydrogens (tertiary/aromatic N) is 2. The Morgan fingerprint density at radius 1 is 1.30 bits per heavy atom. The molecule has 2 aliphatic rings. The molecular weight excluding hydrogens is 252 g/mol. The van der Waals surface area contributed by atoms with Gasteiger partial charge >= 0.3 is 5.97 Å². The number of esters is 1. The molecule has 0 aromatic heterocycles. The number of piperazine rings is 1. The molecule has 0 amide bonds. The van der Waals surface area contributed by atoms with Gasteiger partial charge in [-0.15, -0.1) is 0 Å². The lowest BCUT2D eigenvalue weighted by atomic mass is 9.95. The third-order valence-electron chi connectivity index (χ3n) is 4.76. The molecule has 2 rings (SSSR count). The highest BCUT2D eigenvalue weighted by atomic mass is 16.5. The molecule has 2 aliphatic heterocycles. The summed E-state index contributed by atoms with van der Waals surface area (Å²) < 4.78 is 5.30. The van der Waals surface area contributed by atoms with Crippen molar-refractivity contribution in [3.8, 4) is 0 Å². The third kappa shape index (κ3) is 3.53. The standard InChI is InChI=1S/C16H30N2O2/c1-4-8-15(16(19)20-5-2)18-12-14-9-6-7-10-17(14)11-13(18)3/h13-15H,4-12H2,1-3H3. The molecule has 116 valence electrons. The average Bonchev–Trinajstić information content (AvgIpc) is 2.44. The Hall–Kier alpha value is -0.610. The average molecular weight is 282 g/mol. The molecule has 0 bridgehead atoms. The zero-order valence-corrected chi connectivity index (χ0v) is 13.3. The molecule has 2 saturated heterocycles. The van der Waals surface area contributed by atoms with Crippen molar-refractivity contribution in [1.29, 1.82) is 0 Å². The summed E-state index contributed by atoms with van der Waals surface area (Å²) in [7, 11) is 0. The smallest absolute Gasteiger partial charge is 0.323 e.